The zero-order chi connectivity index (χ0) is 23.4. The van der Waals surface area contributed by atoms with Crippen LogP contribution in [0.15, 0.2) is 18.2 Å². The molecule has 2 aliphatic heterocycles. The van der Waals surface area contributed by atoms with Gasteiger partial charge in [0.15, 0.2) is 5.76 Å². The molecule has 2 atom stereocenters. The molecule has 2 saturated heterocycles. The second-order valence-electron chi connectivity index (χ2n) is 8.88. The normalized spacial score (nSPS) is 21.2. The molecular weight excluding hydrogens is 420 g/mol. The molecule has 0 bridgehead atoms. The molecule has 0 radical (unpaired) electrons. The quantitative estimate of drug-likeness (QED) is 0.434. The minimum atomic E-state index is -0.383. The number of aliphatic hydroxyl groups is 1. The van der Waals surface area contributed by atoms with Crippen molar-refractivity contribution >= 4 is 11.9 Å². The number of anilines is 1. The Kier molecular flexibility index (Phi) is 6.98. The Labute approximate surface area is 194 Å². The van der Waals surface area contributed by atoms with Crippen molar-refractivity contribution in [3.8, 4) is 23.7 Å². The van der Waals surface area contributed by atoms with Gasteiger partial charge in [0.05, 0.1) is 12.3 Å². The van der Waals surface area contributed by atoms with Gasteiger partial charge >= 0.3 is 0 Å². The predicted molar refractivity (Wildman–Crippen MR) is 126 cm³/mol. The van der Waals surface area contributed by atoms with Crippen LogP contribution in [0.25, 0.3) is 17.5 Å². The molecule has 4 rings (SSSR count). The maximum atomic E-state index is 9.89. The minimum absolute atomic E-state index is 0.0502. The maximum Gasteiger partial charge on any atom is 0.170 e. The first kappa shape index (κ1) is 23.2. The average molecular weight is 453 g/mol. The summed E-state index contributed by atoms with van der Waals surface area (Å²) in [6, 6.07) is 1.96. The van der Waals surface area contributed by atoms with Gasteiger partial charge < -0.3 is 19.5 Å². The number of aliphatic hydroxyl groups excluding tert-OH is 1. The first-order valence-corrected chi connectivity index (χ1v) is 11.3. The van der Waals surface area contributed by atoms with E-state index < -0.39 is 0 Å². The van der Waals surface area contributed by atoms with Gasteiger partial charge in [0.1, 0.15) is 30.2 Å². The summed E-state index contributed by atoms with van der Waals surface area (Å²) in [6.07, 6.45) is 12.3. The highest BCUT2D eigenvalue weighted by atomic mass is 16.5. The van der Waals surface area contributed by atoms with Gasteiger partial charge in [-0.25, -0.2) is 9.97 Å². The summed E-state index contributed by atoms with van der Waals surface area (Å²) < 4.78 is 11.0. The molecule has 0 unspecified atom stereocenters. The van der Waals surface area contributed by atoms with Gasteiger partial charge in [0, 0.05) is 49.1 Å². The third kappa shape index (κ3) is 5.19. The fourth-order valence-electron chi connectivity index (χ4n) is 4.65. The number of terminal acetylenes is 1. The Balaban J connectivity index is 1.54. The summed E-state index contributed by atoms with van der Waals surface area (Å²) in [7, 11) is 1.62. The van der Waals surface area contributed by atoms with Crippen LogP contribution in [0.1, 0.15) is 43.9 Å². The summed E-state index contributed by atoms with van der Waals surface area (Å²) in [5, 5.41) is 20.8. The molecule has 3 N–H and O–H groups in total. The first-order valence-electron chi connectivity index (χ1n) is 11.3. The van der Waals surface area contributed by atoms with Gasteiger partial charge in [-0.2, -0.15) is 5.10 Å². The fourth-order valence-corrected chi connectivity index (χ4v) is 4.65. The lowest BCUT2D eigenvalue weighted by molar-refractivity contribution is 0.0557. The Hall–Kier alpha value is -2.93. The van der Waals surface area contributed by atoms with Crippen molar-refractivity contribution in [3.05, 3.63) is 29.4 Å². The molecule has 0 amide bonds. The van der Waals surface area contributed by atoms with E-state index in [4.69, 9.17) is 15.9 Å². The molecule has 33 heavy (non-hydrogen) atoms. The van der Waals surface area contributed by atoms with Crippen LogP contribution in [0, 0.1) is 19.3 Å². The van der Waals surface area contributed by atoms with Crippen LogP contribution in [0.3, 0.4) is 0 Å². The largest absolute Gasteiger partial charge is 0.480 e. The molecule has 4 heterocycles. The van der Waals surface area contributed by atoms with Crippen LogP contribution < -0.4 is 10.2 Å². The molecule has 0 aliphatic carbocycles. The standard InChI is InChI=1S/C24H32N6O3/c1-5-18(33-16(2)14-32-4)12-19-17(3)28-29-23(19)20-13-21(26-15-25-20)30-10-8-24(9-11-30)7-6-22(31)27-24/h1,12-13,15-16,22,27,31H,6-11,14H2,2-4H3,(H,28,29)/b18-12+/t16-,22+/m0/s1. The SMILES string of the molecule is C#C/C(=C\c1c(-c2cc(N3CCC4(CC[C@@H](O)N4)CC3)ncn2)n[nH]c1C)O[C@@H](C)COC. The number of aryl methyl sites for hydroxylation is 1. The maximum absolute atomic E-state index is 9.89. The Bertz CT molecular complexity index is 1040. The molecule has 0 aromatic carbocycles. The van der Waals surface area contributed by atoms with Gasteiger partial charge in [-0.15, -0.1) is 6.42 Å². The minimum Gasteiger partial charge on any atom is -0.480 e. The zero-order valence-corrected chi connectivity index (χ0v) is 19.5. The second-order valence-corrected chi connectivity index (χ2v) is 8.88. The summed E-state index contributed by atoms with van der Waals surface area (Å²) in [6.45, 7) is 6.02. The van der Waals surface area contributed by atoms with Crippen molar-refractivity contribution in [1.82, 2.24) is 25.5 Å². The molecule has 2 fully saturated rings. The summed E-state index contributed by atoms with van der Waals surface area (Å²) >= 11 is 0. The number of hydrogen-bond donors (Lipinski definition) is 3. The smallest absolute Gasteiger partial charge is 0.170 e. The van der Waals surface area contributed by atoms with Crippen LogP contribution in [0.4, 0.5) is 5.82 Å². The molecule has 1 spiro atoms. The number of H-pyrrole nitrogens is 1. The van der Waals surface area contributed by atoms with E-state index in [-0.39, 0.29) is 17.9 Å². The number of aromatic amines is 1. The van der Waals surface area contributed by atoms with E-state index in [1.54, 1.807) is 13.4 Å². The number of allylic oxidation sites excluding steroid dienone is 1. The van der Waals surface area contributed by atoms with Crippen LogP contribution in [0.5, 0.6) is 0 Å². The van der Waals surface area contributed by atoms with Crippen molar-refractivity contribution in [2.24, 2.45) is 0 Å². The van der Waals surface area contributed by atoms with Crippen LogP contribution >= 0.6 is 0 Å². The van der Waals surface area contributed by atoms with Crippen molar-refractivity contribution in [1.29, 1.82) is 0 Å². The predicted octanol–water partition coefficient (Wildman–Crippen LogP) is 2.24. The number of aromatic nitrogens is 4. The highest BCUT2D eigenvalue weighted by Gasteiger charge is 2.40. The third-order valence-corrected chi connectivity index (χ3v) is 6.45. The molecule has 2 aromatic heterocycles. The van der Waals surface area contributed by atoms with Gasteiger partial charge in [-0.3, -0.25) is 10.4 Å². The summed E-state index contributed by atoms with van der Waals surface area (Å²) in [5.74, 6) is 3.88. The number of rotatable bonds is 7. The summed E-state index contributed by atoms with van der Waals surface area (Å²) in [5.41, 5.74) is 3.16. The van der Waals surface area contributed by atoms with Crippen LogP contribution in [-0.4, -0.2) is 69.9 Å². The topological polar surface area (TPSA) is 108 Å². The van der Waals surface area contributed by atoms with E-state index in [0.717, 1.165) is 55.8 Å². The lowest BCUT2D eigenvalue weighted by Gasteiger charge is -2.40. The molecule has 9 nitrogen and oxygen atoms in total. The number of piperidine rings is 1. The number of nitrogens with one attached hydrogen (secondary N) is 2. The molecule has 2 aliphatic rings. The molecule has 176 valence electrons. The highest BCUT2D eigenvalue weighted by Crippen LogP contribution is 2.34. The Morgan fingerprint density at radius 2 is 2.18 bits per heavy atom. The second kappa shape index (κ2) is 9.91. The van der Waals surface area contributed by atoms with E-state index in [1.165, 1.54) is 0 Å². The van der Waals surface area contributed by atoms with Crippen molar-refractivity contribution in [2.45, 2.75) is 57.4 Å². The number of ether oxygens (including phenoxy) is 2. The molecular formula is C24H32N6O3. The molecule has 2 aromatic rings. The Morgan fingerprint density at radius 3 is 2.85 bits per heavy atom. The number of methoxy groups -OCH3 is 1. The number of nitrogens with zero attached hydrogens (tertiary/aromatic N) is 4. The zero-order valence-electron chi connectivity index (χ0n) is 19.5. The lowest BCUT2D eigenvalue weighted by atomic mass is 9.86. The average Bonchev–Trinajstić information content (AvgIpc) is 3.36. The lowest BCUT2D eigenvalue weighted by Crippen LogP contribution is -2.51. The van der Waals surface area contributed by atoms with Crippen molar-refractivity contribution < 1.29 is 14.6 Å². The molecule has 9 heteroatoms. The monoisotopic (exact) mass is 452 g/mol. The number of hydrogen-bond acceptors (Lipinski definition) is 8. The molecule has 0 saturated carbocycles. The van der Waals surface area contributed by atoms with E-state index in [2.05, 4.69) is 36.3 Å². The van der Waals surface area contributed by atoms with Crippen molar-refractivity contribution in [2.75, 3.05) is 31.7 Å². The van der Waals surface area contributed by atoms with Crippen LogP contribution in [-0.2, 0) is 9.47 Å². The highest BCUT2D eigenvalue weighted by molar-refractivity contribution is 5.74. The van der Waals surface area contributed by atoms with Gasteiger partial charge in [0.2, 0.25) is 0 Å². The van der Waals surface area contributed by atoms with Crippen LogP contribution in [0.2, 0.25) is 0 Å². The van der Waals surface area contributed by atoms with Gasteiger partial charge in [-0.05, 0) is 45.5 Å². The fraction of sp³-hybridized carbons (Fsp3) is 0.542. The third-order valence-electron chi connectivity index (χ3n) is 6.45. The van der Waals surface area contributed by atoms with E-state index in [0.29, 0.717) is 23.8 Å². The van der Waals surface area contributed by atoms with Crippen molar-refractivity contribution in [3.63, 3.8) is 0 Å². The van der Waals surface area contributed by atoms with E-state index in [9.17, 15) is 5.11 Å². The van der Waals surface area contributed by atoms with Gasteiger partial charge in [-0.1, -0.05) is 0 Å². The Morgan fingerprint density at radius 1 is 1.39 bits per heavy atom. The first-order chi connectivity index (χ1) is 15.9. The van der Waals surface area contributed by atoms with E-state index in [1.807, 2.05) is 26.0 Å². The van der Waals surface area contributed by atoms with E-state index >= 15 is 0 Å². The summed E-state index contributed by atoms with van der Waals surface area (Å²) in [4.78, 5) is 11.3. The van der Waals surface area contributed by atoms with Gasteiger partial charge in [0.25, 0.3) is 0 Å².